The van der Waals surface area contributed by atoms with Crippen molar-refractivity contribution in [2.45, 2.75) is 19.9 Å². The summed E-state index contributed by atoms with van der Waals surface area (Å²) < 4.78 is 6.85. The fourth-order valence-corrected chi connectivity index (χ4v) is 2.23. The first-order chi connectivity index (χ1) is 9.17. The second-order valence-corrected chi connectivity index (χ2v) is 4.48. The first kappa shape index (κ1) is 13.6. The molecule has 2 aromatic rings. The molecule has 0 aliphatic rings. The zero-order valence-corrected chi connectivity index (χ0v) is 11.6. The van der Waals surface area contributed by atoms with Crippen molar-refractivity contribution in [1.29, 1.82) is 0 Å². The van der Waals surface area contributed by atoms with Gasteiger partial charge in [0.05, 0.1) is 18.3 Å². The molecule has 0 aliphatic carbocycles. The fourth-order valence-electron chi connectivity index (χ4n) is 1.99. The highest BCUT2D eigenvalue weighted by Crippen LogP contribution is 2.22. The van der Waals surface area contributed by atoms with Crippen LogP contribution in [0.4, 0.5) is 0 Å². The van der Waals surface area contributed by atoms with Crippen LogP contribution in [0.25, 0.3) is 0 Å². The number of ether oxygens (including phenoxy) is 1. The number of hydrogen-bond donors (Lipinski definition) is 0. The van der Waals surface area contributed by atoms with Gasteiger partial charge in [0.25, 0.3) is 0 Å². The predicted octanol–water partition coefficient (Wildman–Crippen LogP) is 2.99. The average molecular weight is 279 g/mol. The minimum atomic E-state index is -0.0612. The average Bonchev–Trinajstić information content (AvgIpc) is 2.80. The molecule has 0 amide bonds. The maximum atomic E-state index is 12.3. The summed E-state index contributed by atoms with van der Waals surface area (Å²) in [5, 5.41) is 4.46. The Bertz CT molecular complexity index is 593. The van der Waals surface area contributed by atoms with E-state index in [2.05, 4.69) is 5.10 Å². The van der Waals surface area contributed by atoms with E-state index >= 15 is 0 Å². The summed E-state index contributed by atoms with van der Waals surface area (Å²) in [4.78, 5) is 12.3. The summed E-state index contributed by atoms with van der Waals surface area (Å²) in [6.07, 6.45) is 1.75. The molecule has 1 aromatic carbocycles. The van der Waals surface area contributed by atoms with Crippen LogP contribution < -0.4 is 4.74 Å². The zero-order valence-electron chi connectivity index (χ0n) is 10.9. The number of Topliss-reactive ketones (excluding diaryl/α,β-unsaturated/α-hetero) is 1. The van der Waals surface area contributed by atoms with Crippen molar-refractivity contribution in [1.82, 2.24) is 9.78 Å². The Morgan fingerprint density at radius 2 is 2.16 bits per heavy atom. The molecule has 100 valence electrons. The fraction of sp³-hybridized carbons (Fsp3) is 0.286. The number of aryl methyl sites for hydroxylation is 1. The molecule has 0 bridgehead atoms. The van der Waals surface area contributed by atoms with E-state index in [-0.39, 0.29) is 12.2 Å². The Morgan fingerprint density at radius 1 is 1.42 bits per heavy atom. The SMILES string of the molecule is CCn1ncc(Cl)c1C(=O)Cc1ccccc1OC. The minimum Gasteiger partial charge on any atom is -0.496 e. The van der Waals surface area contributed by atoms with Crippen molar-refractivity contribution in [2.75, 3.05) is 7.11 Å². The summed E-state index contributed by atoms with van der Waals surface area (Å²) in [6.45, 7) is 2.53. The monoisotopic (exact) mass is 278 g/mol. The molecule has 5 heteroatoms. The predicted molar refractivity (Wildman–Crippen MR) is 73.9 cm³/mol. The van der Waals surface area contributed by atoms with E-state index in [0.29, 0.717) is 23.0 Å². The highest BCUT2D eigenvalue weighted by atomic mass is 35.5. The van der Waals surface area contributed by atoms with Crippen molar-refractivity contribution in [3.8, 4) is 5.75 Å². The van der Waals surface area contributed by atoms with Gasteiger partial charge in [0, 0.05) is 18.5 Å². The first-order valence-corrected chi connectivity index (χ1v) is 6.41. The molecule has 1 aromatic heterocycles. The smallest absolute Gasteiger partial charge is 0.186 e. The van der Waals surface area contributed by atoms with Gasteiger partial charge in [0.1, 0.15) is 11.4 Å². The van der Waals surface area contributed by atoms with Gasteiger partial charge in [-0.1, -0.05) is 29.8 Å². The standard InChI is InChI=1S/C14H15ClN2O2/c1-3-17-14(11(15)9-16-17)12(18)8-10-6-4-5-7-13(10)19-2/h4-7,9H,3,8H2,1-2H3. The molecular weight excluding hydrogens is 264 g/mol. The lowest BCUT2D eigenvalue weighted by Crippen LogP contribution is -2.12. The molecule has 0 saturated heterocycles. The van der Waals surface area contributed by atoms with Gasteiger partial charge < -0.3 is 4.74 Å². The third kappa shape index (κ3) is 2.79. The number of rotatable bonds is 5. The summed E-state index contributed by atoms with van der Waals surface area (Å²) in [7, 11) is 1.59. The van der Waals surface area contributed by atoms with Crippen LogP contribution in [0.3, 0.4) is 0 Å². The van der Waals surface area contributed by atoms with Gasteiger partial charge in [-0.3, -0.25) is 9.48 Å². The van der Waals surface area contributed by atoms with Crippen LogP contribution in [-0.4, -0.2) is 22.7 Å². The lowest BCUT2D eigenvalue weighted by atomic mass is 10.1. The summed E-state index contributed by atoms with van der Waals surface area (Å²) in [5.74, 6) is 0.642. The van der Waals surface area contributed by atoms with Crippen LogP contribution in [0.2, 0.25) is 5.02 Å². The number of ketones is 1. The number of nitrogens with zero attached hydrogens (tertiary/aromatic N) is 2. The van der Waals surface area contributed by atoms with E-state index in [1.54, 1.807) is 11.8 Å². The molecule has 4 nitrogen and oxygen atoms in total. The Kier molecular flexibility index (Phi) is 4.22. The van der Waals surface area contributed by atoms with Crippen molar-refractivity contribution < 1.29 is 9.53 Å². The Morgan fingerprint density at radius 3 is 2.84 bits per heavy atom. The van der Waals surface area contributed by atoms with Crippen molar-refractivity contribution >= 4 is 17.4 Å². The number of aromatic nitrogens is 2. The van der Waals surface area contributed by atoms with Crippen molar-refractivity contribution in [3.05, 3.63) is 46.7 Å². The van der Waals surface area contributed by atoms with Gasteiger partial charge in [-0.2, -0.15) is 5.10 Å². The molecule has 0 aliphatic heterocycles. The Balaban J connectivity index is 2.28. The molecule has 0 radical (unpaired) electrons. The highest BCUT2D eigenvalue weighted by Gasteiger charge is 2.18. The second kappa shape index (κ2) is 5.89. The number of methoxy groups -OCH3 is 1. The third-order valence-electron chi connectivity index (χ3n) is 2.90. The molecule has 19 heavy (non-hydrogen) atoms. The molecule has 0 saturated carbocycles. The largest absolute Gasteiger partial charge is 0.496 e. The minimum absolute atomic E-state index is 0.0612. The summed E-state index contributed by atoms with van der Waals surface area (Å²) >= 11 is 6.02. The normalized spacial score (nSPS) is 10.5. The van der Waals surface area contributed by atoms with Gasteiger partial charge in [0.15, 0.2) is 5.78 Å². The molecule has 0 spiro atoms. The zero-order chi connectivity index (χ0) is 13.8. The quantitative estimate of drug-likeness (QED) is 0.790. The number of benzene rings is 1. The van der Waals surface area contributed by atoms with Gasteiger partial charge >= 0.3 is 0 Å². The topological polar surface area (TPSA) is 44.1 Å². The maximum Gasteiger partial charge on any atom is 0.186 e. The molecule has 0 unspecified atom stereocenters. The van der Waals surface area contributed by atoms with Gasteiger partial charge in [0.2, 0.25) is 0 Å². The molecule has 2 rings (SSSR count). The number of para-hydroxylation sites is 1. The van der Waals surface area contributed by atoms with Gasteiger partial charge in [-0.05, 0) is 13.0 Å². The van der Waals surface area contributed by atoms with Crippen LogP contribution in [0.5, 0.6) is 5.75 Å². The van der Waals surface area contributed by atoms with Gasteiger partial charge in [-0.25, -0.2) is 0 Å². The number of carbonyl (C=O) groups excluding carboxylic acids is 1. The second-order valence-electron chi connectivity index (χ2n) is 4.07. The summed E-state index contributed by atoms with van der Waals surface area (Å²) in [6, 6.07) is 7.46. The molecule has 1 heterocycles. The molecular formula is C14H15ClN2O2. The van der Waals surface area contributed by atoms with E-state index in [1.165, 1.54) is 6.20 Å². The maximum absolute atomic E-state index is 12.3. The number of halogens is 1. The van der Waals surface area contributed by atoms with Crippen molar-refractivity contribution in [2.24, 2.45) is 0 Å². The van der Waals surface area contributed by atoms with Crippen LogP contribution in [0, 0.1) is 0 Å². The van der Waals surface area contributed by atoms with E-state index in [9.17, 15) is 4.79 Å². The lowest BCUT2D eigenvalue weighted by molar-refractivity contribution is 0.0982. The van der Waals surface area contributed by atoms with E-state index < -0.39 is 0 Å². The highest BCUT2D eigenvalue weighted by molar-refractivity contribution is 6.33. The van der Waals surface area contributed by atoms with E-state index in [0.717, 1.165) is 5.56 Å². The Labute approximate surface area is 116 Å². The third-order valence-corrected chi connectivity index (χ3v) is 3.18. The van der Waals surface area contributed by atoms with Gasteiger partial charge in [-0.15, -0.1) is 0 Å². The number of carbonyl (C=O) groups is 1. The van der Waals surface area contributed by atoms with Crippen LogP contribution in [0.1, 0.15) is 23.0 Å². The van der Waals surface area contributed by atoms with E-state index in [1.807, 2.05) is 31.2 Å². The Hall–Kier alpha value is -1.81. The molecule has 0 N–H and O–H groups in total. The van der Waals surface area contributed by atoms with Crippen LogP contribution in [-0.2, 0) is 13.0 Å². The van der Waals surface area contributed by atoms with Crippen LogP contribution >= 0.6 is 11.6 Å². The molecule has 0 fully saturated rings. The lowest BCUT2D eigenvalue weighted by Gasteiger charge is -2.08. The number of hydrogen-bond acceptors (Lipinski definition) is 3. The first-order valence-electron chi connectivity index (χ1n) is 6.03. The van der Waals surface area contributed by atoms with Crippen molar-refractivity contribution in [3.63, 3.8) is 0 Å². The van der Waals surface area contributed by atoms with E-state index in [4.69, 9.17) is 16.3 Å². The van der Waals surface area contributed by atoms with Crippen LogP contribution in [0.15, 0.2) is 30.5 Å². The molecule has 0 atom stereocenters. The summed E-state index contributed by atoms with van der Waals surface area (Å²) in [5.41, 5.74) is 1.30.